The number of nitrogens with one attached hydrogen (secondary N) is 1. The highest BCUT2D eigenvalue weighted by Crippen LogP contribution is 2.22. The van der Waals surface area contributed by atoms with Gasteiger partial charge in [0, 0.05) is 12.7 Å². The number of carbonyl (C=O) groups excluding carboxylic acids is 1. The zero-order valence-electron chi connectivity index (χ0n) is 15.4. The summed E-state index contributed by atoms with van der Waals surface area (Å²) in [6, 6.07) is 14.1. The van der Waals surface area contributed by atoms with Crippen LogP contribution in [0.4, 0.5) is 11.4 Å². The summed E-state index contributed by atoms with van der Waals surface area (Å²) < 4.78 is 30.1. The number of amides is 1. The van der Waals surface area contributed by atoms with Crippen LogP contribution in [0.3, 0.4) is 0 Å². The highest BCUT2D eigenvalue weighted by Gasteiger charge is 2.19. The Morgan fingerprint density at radius 2 is 1.69 bits per heavy atom. The van der Waals surface area contributed by atoms with Crippen LogP contribution in [0.5, 0.6) is 5.75 Å². The molecular formula is C19H24N2O4S. The van der Waals surface area contributed by atoms with Crippen LogP contribution in [0, 0.1) is 6.92 Å². The zero-order chi connectivity index (χ0) is 19.3. The fourth-order valence-corrected chi connectivity index (χ4v) is 2.78. The summed E-state index contributed by atoms with van der Waals surface area (Å²) in [5.41, 5.74) is 2.36. The molecule has 26 heavy (non-hydrogen) atoms. The van der Waals surface area contributed by atoms with E-state index in [4.69, 9.17) is 4.74 Å². The molecule has 7 heteroatoms. The number of benzene rings is 2. The van der Waals surface area contributed by atoms with Gasteiger partial charge in [-0.25, -0.2) is 8.42 Å². The molecule has 2 aromatic carbocycles. The summed E-state index contributed by atoms with van der Waals surface area (Å²) in [7, 11) is -1.84. The number of nitrogens with zero attached hydrogens (tertiary/aromatic N) is 1. The summed E-state index contributed by atoms with van der Waals surface area (Å²) >= 11 is 0. The summed E-state index contributed by atoms with van der Waals surface area (Å²) in [6.07, 6.45) is 0.998. The minimum absolute atomic E-state index is 0.228. The van der Waals surface area contributed by atoms with Crippen LogP contribution in [0.1, 0.15) is 18.9 Å². The highest BCUT2D eigenvalue weighted by molar-refractivity contribution is 7.92. The van der Waals surface area contributed by atoms with E-state index in [2.05, 4.69) is 5.32 Å². The molecule has 0 aromatic heterocycles. The van der Waals surface area contributed by atoms with Gasteiger partial charge in [0.05, 0.1) is 11.9 Å². The molecule has 0 bridgehead atoms. The molecule has 1 atom stereocenters. The van der Waals surface area contributed by atoms with Crippen LogP contribution in [0.15, 0.2) is 48.5 Å². The molecule has 0 saturated heterocycles. The van der Waals surface area contributed by atoms with Gasteiger partial charge < -0.3 is 10.1 Å². The van der Waals surface area contributed by atoms with E-state index in [0.717, 1.165) is 11.8 Å². The van der Waals surface area contributed by atoms with Crippen LogP contribution >= 0.6 is 0 Å². The monoisotopic (exact) mass is 376 g/mol. The van der Waals surface area contributed by atoms with Crippen molar-refractivity contribution in [1.82, 2.24) is 0 Å². The van der Waals surface area contributed by atoms with Crippen molar-refractivity contribution in [3.63, 3.8) is 0 Å². The van der Waals surface area contributed by atoms with E-state index in [1.54, 1.807) is 24.3 Å². The fourth-order valence-electron chi connectivity index (χ4n) is 2.27. The topological polar surface area (TPSA) is 75.7 Å². The molecule has 2 aromatic rings. The number of carbonyl (C=O) groups is 1. The van der Waals surface area contributed by atoms with Gasteiger partial charge in [-0.3, -0.25) is 9.10 Å². The lowest BCUT2D eigenvalue weighted by molar-refractivity contribution is -0.122. The molecule has 0 saturated carbocycles. The lowest BCUT2D eigenvalue weighted by Crippen LogP contribution is -2.32. The molecule has 2 rings (SSSR count). The fraction of sp³-hybridized carbons (Fsp3) is 0.316. The van der Waals surface area contributed by atoms with Crippen LogP contribution < -0.4 is 14.4 Å². The third-order valence-electron chi connectivity index (χ3n) is 3.96. The lowest BCUT2D eigenvalue weighted by atomic mass is 10.2. The van der Waals surface area contributed by atoms with Crippen molar-refractivity contribution >= 4 is 27.3 Å². The number of sulfonamides is 1. The second kappa shape index (κ2) is 8.23. The van der Waals surface area contributed by atoms with Gasteiger partial charge in [-0.1, -0.05) is 24.6 Å². The summed E-state index contributed by atoms with van der Waals surface area (Å²) in [5.74, 6) is 0.273. The Morgan fingerprint density at radius 3 is 2.19 bits per heavy atom. The predicted octanol–water partition coefficient (Wildman–Crippen LogP) is 3.19. The predicted molar refractivity (Wildman–Crippen MR) is 104 cm³/mol. The molecule has 0 heterocycles. The van der Waals surface area contributed by atoms with E-state index in [0.29, 0.717) is 23.5 Å². The van der Waals surface area contributed by atoms with Crippen molar-refractivity contribution in [2.75, 3.05) is 22.9 Å². The van der Waals surface area contributed by atoms with Crippen LogP contribution in [0.25, 0.3) is 0 Å². The molecule has 0 spiro atoms. The molecule has 0 radical (unpaired) electrons. The van der Waals surface area contributed by atoms with E-state index in [1.165, 1.54) is 11.4 Å². The smallest absolute Gasteiger partial charge is 0.265 e. The first-order chi connectivity index (χ1) is 12.2. The summed E-state index contributed by atoms with van der Waals surface area (Å²) in [5, 5.41) is 2.84. The Labute approximate surface area is 154 Å². The Balaban J connectivity index is 2.04. The van der Waals surface area contributed by atoms with E-state index < -0.39 is 16.1 Å². The molecule has 0 aliphatic carbocycles. The van der Waals surface area contributed by atoms with Crippen molar-refractivity contribution < 1.29 is 17.9 Å². The molecule has 1 N–H and O–H groups in total. The molecule has 0 unspecified atom stereocenters. The molecule has 0 aliphatic rings. The maximum atomic E-state index is 12.4. The number of hydrogen-bond acceptors (Lipinski definition) is 4. The van der Waals surface area contributed by atoms with Crippen molar-refractivity contribution in [1.29, 1.82) is 0 Å². The second-order valence-corrected chi connectivity index (χ2v) is 8.11. The summed E-state index contributed by atoms with van der Waals surface area (Å²) in [4.78, 5) is 12.4. The number of hydrogen-bond donors (Lipinski definition) is 1. The van der Waals surface area contributed by atoms with Crippen molar-refractivity contribution in [2.24, 2.45) is 0 Å². The Morgan fingerprint density at radius 1 is 1.12 bits per heavy atom. The van der Waals surface area contributed by atoms with E-state index in [9.17, 15) is 13.2 Å². The minimum Gasteiger partial charge on any atom is -0.481 e. The van der Waals surface area contributed by atoms with Crippen LogP contribution in [-0.4, -0.2) is 33.7 Å². The van der Waals surface area contributed by atoms with Crippen LogP contribution in [-0.2, 0) is 14.8 Å². The maximum absolute atomic E-state index is 12.4. The van der Waals surface area contributed by atoms with Gasteiger partial charge >= 0.3 is 0 Å². The first-order valence-electron chi connectivity index (χ1n) is 8.29. The number of rotatable bonds is 7. The average Bonchev–Trinajstić information content (AvgIpc) is 2.60. The molecule has 0 fully saturated rings. The quantitative estimate of drug-likeness (QED) is 0.805. The van der Waals surface area contributed by atoms with Crippen molar-refractivity contribution in [3.05, 3.63) is 54.1 Å². The van der Waals surface area contributed by atoms with Gasteiger partial charge in [-0.2, -0.15) is 0 Å². The molecule has 6 nitrogen and oxygen atoms in total. The number of ether oxygens (including phenoxy) is 1. The lowest BCUT2D eigenvalue weighted by Gasteiger charge is -2.19. The second-order valence-electron chi connectivity index (χ2n) is 6.09. The Kier molecular flexibility index (Phi) is 6.26. The third kappa shape index (κ3) is 5.23. The van der Waals surface area contributed by atoms with Crippen molar-refractivity contribution in [2.45, 2.75) is 26.4 Å². The zero-order valence-corrected chi connectivity index (χ0v) is 16.2. The minimum atomic E-state index is -3.32. The first-order valence-corrected chi connectivity index (χ1v) is 10.1. The van der Waals surface area contributed by atoms with Gasteiger partial charge in [-0.05, 0) is 49.7 Å². The Hall–Kier alpha value is -2.54. The Bertz CT molecular complexity index is 846. The summed E-state index contributed by atoms with van der Waals surface area (Å²) in [6.45, 7) is 3.85. The van der Waals surface area contributed by atoms with Gasteiger partial charge in [-0.15, -0.1) is 0 Å². The molecule has 0 aliphatic heterocycles. The van der Waals surface area contributed by atoms with Gasteiger partial charge in [0.2, 0.25) is 10.0 Å². The standard InChI is InChI=1S/C19H24N2O4S/c1-5-18(19(22)20-15-8-6-14(2)7-9-15)25-17-12-10-16(11-13-17)21(3)26(4,23)24/h6-13,18H,5H2,1-4H3,(H,20,22)/t18-/m0/s1. The van der Waals surface area contributed by atoms with Gasteiger partial charge in [0.25, 0.3) is 5.91 Å². The SMILES string of the molecule is CC[C@H](Oc1ccc(N(C)S(C)(=O)=O)cc1)C(=O)Nc1ccc(C)cc1. The van der Waals surface area contributed by atoms with E-state index in [-0.39, 0.29) is 5.91 Å². The number of aryl methyl sites for hydroxylation is 1. The normalized spacial score (nSPS) is 12.3. The van der Waals surface area contributed by atoms with E-state index >= 15 is 0 Å². The van der Waals surface area contributed by atoms with Gasteiger partial charge in [0.15, 0.2) is 6.10 Å². The third-order valence-corrected chi connectivity index (χ3v) is 5.16. The molecule has 1 amide bonds. The first kappa shape index (κ1) is 19.8. The number of anilines is 2. The maximum Gasteiger partial charge on any atom is 0.265 e. The molecule has 140 valence electrons. The van der Waals surface area contributed by atoms with Gasteiger partial charge in [0.1, 0.15) is 5.75 Å². The van der Waals surface area contributed by atoms with Crippen molar-refractivity contribution in [3.8, 4) is 5.75 Å². The molecular weight excluding hydrogens is 352 g/mol. The van der Waals surface area contributed by atoms with Crippen LogP contribution in [0.2, 0.25) is 0 Å². The largest absolute Gasteiger partial charge is 0.481 e. The average molecular weight is 376 g/mol. The highest BCUT2D eigenvalue weighted by atomic mass is 32.2. The van der Waals surface area contributed by atoms with E-state index in [1.807, 2.05) is 38.1 Å².